The number of nitrogens with zero attached hydrogens (tertiary/aromatic N) is 3. The third kappa shape index (κ3) is 2.20. The molecule has 0 radical (unpaired) electrons. The fourth-order valence-corrected chi connectivity index (χ4v) is 2.07. The molecule has 2 N–H and O–H groups in total. The van der Waals surface area contributed by atoms with E-state index in [-0.39, 0.29) is 11.5 Å². The number of hydrogen-bond donors (Lipinski definition) is 1. The first-order valence-electron chi connectivity index (χ1n) is 5.65. The molecule has 2 rings (SSSR count). The SMILES string of the molecule is CC(C)(C)Cc1nnc2n1CCCC2N. The molecule has 1 aliphatic heterocycles. The van der Waals surface area contributed by atoms with Crippen molar-refractivity contribution in [3.63, 3.8) is 0 Å². The first-order valence-corrected chi connectivity index (χ1v) is 5.65. The van der Waals surface area contributed by atoms with Gasteiger partial charge in [0.2, 0.25) is 0 Å². The van der Waals surface area contributed by atoms with Gasteiger partial charge >= 0.3 is 0 Å². The number of nitrogens with two attached hydrogens (primary N) is 1. The molecule has 0 aliphatic carbocycles. The van der Waals surface area contributed by atoms with Crippen LogP contribution < -0.4 is 5.73 Å². The van der Waals surface area contributed by atoms with Gasteiger partial charge in [-0.25, -0.2) is 0 Å². The third-order valence-corrected chi connectivity index (χ3v) is 2.77. The molecule has 1 atom stereocenters. The maximum Gasteiger partial charge on any atom is 0.149 e. The number of aromatic nitrogens is 3. The Bertz CT molecular complexity index is 348. The van der Waals surface area contributed by atoms with E-state index in [4.69, 9.17) is 5.73 Å². The quantitative estimate of drug-likeness (QED) is 0.763. The molecule has 15 heavy (non-hydrogen) atoms. The summed E-state index contributed by atoms with van der Waals surface area (Å²) in [5, 5.41) is 8.48. The molecule has 0 saturated carbocycles. The number of fused-ring (bicyclic) bond motifs is 1. The Labute approximate surface area is 90.9 Å². The van der Waals surface area contributed by atoms with Crippen LogP contribution in [0.5, 0.6) is 0 Å². The molecular weight excluding hydrogens is 188 g/mol. The highest BCUT2D eigenvalue weighted by Gasteiger charge is 2.24. The van der Waals surface area contributed by atoms with Gasteiger partial charge in [-0.15, -0.1) is 10.2 Å². The predicted octanol–water partition coefficient (Wildman–Crippen LogP) is 1.66. The van der Waals surface area contributed by atoms with Crippen molar-refractivity contribution in [1.82, 2.24) is 14.8 Å². The van der Waals surface area contributed by atoms with E-state index < -0.39 is 0 Å². The smallest absolute Gasteiger partial charge is 0.149 e. The largest absolute Gasteiger partial charge is 0.321 e. The second kappa shape index (κ2) is 3.59. The minimum atomic E-state index is 0.0833. The Morgan fingerprint density at radius 3 is 2.80 bits per heavy atom. The highest BCUT2D eigenvalue weighted by atomic mass is 15.3. The van der Waals surface area contributed by atoms with Crippen LogP contribution in [0, 0.1) is 5.41 Å². The van der Waals surface area contributed by atoms with E-state index >= 15 is 0 Å². The lowest BCUT2D eigenvalue weighted by Gasteiger charge is -2.23. The van der Waals surface area contributed by atoms with Gasteiger partial charge in [-0.3, -0.25) is 0 Å². The van der Waals surface area contributed by atoms with Crippen molar-refractivity contribution >= 4 is 0 Å². The van der Waals surface area contributed by atoms with Crippen LogP contribution in [0.15, 0.2) is 0 Å². The summed E-state index contributed by atoms with van der Waals surface area (Å²) in [7, 11) is 0. The fourth-order valence-electron chi connectivity index (χ4n) is 2.07. The van der Waals surface area contributed by atoms with Crippen LogP contribution in [0.2, 0.25) is 0 Å². The first kappa shape index (κ1) is 10.6. The molecule has 1 aliphatic rings. The summed E-state index contributed by atoms with van der Waals surface area (Å²) in [6.45, 7) is 7.69. The lowest BCUT2D eigenvalue weighted by molar-refractivity contribution is 0.377. The Balaban J connectivity index is 2.27. The molecule has 0 amide bonds. The molecule has 4 heteroatoms. The predicted molar refractivity (Wildman–Crippen MR) is 59.3 cm³/mol. The summed E-state index contributed by atoms with van der Waals surface area (Å²) in [6, 6.07) is 0.0833. The Kier molecular flexibility index (Phi) is 2.54. The van der Waals surface area contributed by atoms with Gasteiger partial charge in [0, 0.05) is 13.0 Å². The highest BCUT2D eigenvalue weighted by Crippen LogP contribution is 2.25. The molecule has 4 nitrogen and oxygen atoms in total. The molecule has 1 aromatic rings. The number of rotatable bonds is 1. The summed E-state index contributed by atoms with van der Waals surface area (Å²) in [5.74, 6) is 2.06. The van der Waals surface area contributed by atoms with E-state index in [1.807, 2.05) is 0 Å². The summed E-state index contributed by atoms with van der Waals surface area (Å²) >= 11 is 0. The normalized spacial score (nSPS) is 21.5. The molecule has 1 unspecified atom stereocenters. The van der Waals surface area contributed by atoms with E-state index in [2.05, 4.69) is 35.5 Å². The summed E-state index contributed by atoms with van der Waals surface area (Å²) in [5.41, 5.74) is 6.26. The first-order chi connectivity index (χ1) is 6.97. The van der Waals surface area contributed by atoms with Crippen LogP contribution in [-0.2, 0) is 13.0 Å². The van der Waals surface area contributed by atoms with Crippen LogP contribution >= 0.6 is 0 Å². The van der Waals surface area contributed by atoms with E-state index in [0.717, 1.165) is 37.5 Å². The van der Waals surface area contributed by atoms with E-state index in [0.29, 0.717) is 0 Å². The van der Waals surface area contributed by atoms with Crippen molar-refractivity contribution in [1.29, 1.82) is 0 Å². The standard InChI is InChI=1S/C11H20N4/c1-11(2,3)7-9-13-14-10-8(12)5-4-6-15(9)10/h8H,4-7,12H2,1-3H3. The second-order valence-electron chi connectivity index (χ2n) is 5.61. The van der Waals surface area contributed by atoms with Gasteiger partial charge in [-0.2, -0.15) is 0 Å². The molecule has 84 valence electrons. The van der Waals surface area contributed by atoms with Gasteiger partial charge in [-0.05, 0) is 18.3 Å². The van der Waals surface area contributed by atoms with Gasteiger partial charge in [0.15, 0.2) is 0 Å². The monoisotopic (exact) mass is 208 g/mol. The average Bonchev–Trinajstić information content (AvgIpc) is 2.48. The molecule has 0 spiro atoms. The van der Waals surface area contributed by atoms with Crippen molar-refractivity contribution in [3.8, 4) is 0 Å². The fraction of sp³-hybridized carbons (Fsp3) is 0.818. The molecular formula is C11H20N4. The minimum absolute atomic E-state index is 0.0833. The van der Waals surface area contributed by atoms with Gasteiger partial charge in [0.25, 0.3) is 0 Å². The van der Waals surface area contributed by atoms with Crippen molar-refractivity contribution < 1.29 is 0 Å². The summed E-state index contributed by atoms with van der Waals surface area (Å²) in [6.07, 6.45) is 3.14. The molecule has 1 aromatic heterocycles. The van der Waals surface area contributed by atoms with Crippen molar-refractivity contribution in [2.45, 2.75) is 52.6 Å². The van der Waals surface area contributed by atoms with Crippen LogP contribution in [0.25, 0.3) is 0 Å². The van der Waals surface area contributed by atoms with Crippen molar-refractivity contribution in [2.75, 3.05) is 0 Å². The molecule has 0 aromatic carbocycles. The Morgan fingerprint density at radius 2 is 2.13 bits per heavy atom. The lowest BCUT2D eigenvalue weighted by atomic mass is 9.92. The summed E-state index contributed by atoms with van der Waals surface area (Å²) in [4.78, 5) is 0. The average molecular weight is 208 g/mol. The van der Waals surface area contributed by atoms with Gasteiger partial charge in [0.05, 0.1) is 6.04 Å². The molecule has 0 fully saturated rings. The molecule has 0 saturated heterocycles. The van der Waals surface area contributed by atoms with Gasteiger partial charge < -0.3 is 10.3 Å². The van der Waals surface area contributed by atoms with Crippen LogP contribution in [-0.4, -0.2) is 14.8 Å². The van der Waals surface area contributed by atoms with E-state index in [1.165, 1.54) is 0 Å². The van der Waals surface area contributed by atoms with E-state index in [9.17, 15) is 0 Å². The Hall–Kier alpha value is -0.900. The van der Waals surface area contributed by atoms with Crippen molar-refractivity contribution in [3.05, 3.63) is 11.6 Å². The van der Waals surface area contributed by atoms with Crippen LogP contribution in [0.1, 0.15) is 51.3 Å². The zero-order valence-corrected chi connectivity index (χ0v) is 9.82. The zero-order chi connectivity index (χ0) is 11.1. The van der Waals surface area contributed by atoms with Crippen LogP contribution in [0.4, 0.5) is 0 Å². The highest BCUT2D eigenvalue weighted by molar-refractivity contribution is 5.04. The molecule has 2 heterocycles. The maximum atomic E-state index is 6.00. The third-order valence-electron chi connectivity index (χ3n) is 2.77. The van der Waals surface area contributed by atoms with E-state index in [1.54, 1.807) is 0 Å². The van der Waals surface area contributed by atoms with Gasteiger partial charge in [-0.1, -0.05) is 20.8 Å². The zero-order valence-electron chi connectivity index (χ0n) is 9.82. The van der Waals surface area contributed by atoms with Crippen molar-refractivity contribution in [2.24, 2.45) is 11.1 Å². The lowest BCUT2D eigenvalue weighted by Crippen LogP contribution is -2.24. The van der Waals surface area contributed by atoms with Gasteiger partial charge in [0.1, 0.15) is 11.6 Å². The molecule has 0 bridgehead atoms. The maximum absolute atomic E-state index is 6.00. The topological polar surface area (TPSA) is 56.7 Å². The van der Waals surface area contributed by atoms with Crippen LogP contribution in [0.3, 0.4) is 0 Å². The summed E-state index contributed by atoms with van der Waals surface area (Å²) < 4.78 is 2.21. The minimum Gasteiger partial charge on any atom is -0.321 e. The second-order valence-corrected chi connectivity index (χ2v) is 5.61. The number of hydrogen-bond acceptors (Lipinski definition) is 3. The Morgan fingerprint density at radius 1 is 1.40 bits per heavy atom.